The van der Waals surface area contributed by atoms with Crippen molar-refractivity contribution in [1.29, 1.82) is 0 Å². The van der Waals surface area contributed by atoms with Gasteiger partial charge in [0.2, 0.25) is 0 Å². The van der Waals surface area contributed by atoms with Gasteiger partial charge in [0.1, 0.15) is 19.8 Å². The predicted octanol–water partition coefficient (Wildman–Crippen LogP) is 22.4. The minimum atomic E-state index is -4.40. The molecule has 0 aromatic heterocycles. The summed E-state index contributed by atoms with van der Waals surface area (Å²) in [5.41, 5.74) is 0. The third-order valence-electron chi connectivity index (χ3n) is 14.1. The summed E-state index contributed by atoms with van der Waals surface area (Å²) < 4.78 is 34.6. The zero-order valence-corrected chi connectivity index (χ0v) is 56.4. The highest BCUT2D eigenvalue weighted by Gasteiger charge is 2.27. The quantitative estimate of drug-likeness (QED) is 0.0211. The number of esters is 2. The zero-order chi connectivity index (χ0) is 62.6. The average molecular weight is 1210 g/mol. The van der Waals surface area contributed by atoms with E-state index in [1.54, 1.807) is 0 Å². The molecule has 0 amide bonds. The summed E-state index contributed by atoms with van der Waals surface area (Å²) in [4.78, 5) is 35.8. The van der Waals surface area contributed by atoms with Crippen molar-refractivity contribution in [3.05, 3.63) is 158 Å². The molecule has 0 fully saturated rings. The molecule has 10 heteroatoms. The van der Waals surface area contributed by atoms with E-state index in [1.165, 1.54) is 83.5 Å². The van der Waals surface area contributed by atoms with Gasteiger partial charge in [-0.2, -0.15) is 0 Å². The fourth-order valence-corrected chi connectivity index (χ4v) is 9.62. The lowest BCUT2D eigenvalue weighted by atomic mass is 10.0. The highest BCUT2D eigenvalue weighted by molar-refractivity contribution is 7.47. The Hall–Kier alpha value is -4.37. The predicted molar refractivity (Wildman–Crippen MR) is 371 cm³/mol. The van der Waals surface area contributed by atoms with Gasteiger partial charge in [-0.05, 0) is 122 Å². The summed E-state index contributed by atoms with van der Waals surface area (Å²) in [6.45, 7) is 4.18. The molecule has 0 spiro atoms. The van der Waals surface area contributed by atoms with Crippen LogP contribution in [0.1, 0.15) is 258 Å². The number of phosphoric acid groups is 1. The van der Waals surface area contributed by atoms with E-state index in [9.17, 15) is 19.0 Å². The lowest BCUT2D eigenvalue weighted by molar-refractivity contribution is -0.870. The number of carbonyl (C=O) groups excluding carboxylic acids is 2. The van der Waals surface area contributed by atoms with Crippen LogP contribution in [0.25, 0.3) is 0 Å². The van der Waals surface area contributed by atoms with Gasteiger partial charge in [0.25, 0.3) is 0 Å². The molecule has 2 atom stereocenters. The van der Waals surface area contributed by atoms with Crippen LogP contribution >= 0.6 is 7.82 Å². The smallest absolute Gasteiger partial charge is 0.462 e. The van der Waals surface area contributed by atoms with Crippen molar-refractivity contribution in [2.75, 3.05) is 47.5 Å². The molecular formula is C76H127NO8P+. The maximum Gasteiger partial charge on any atom is 0.472 e. The van der Waals surface area contributed by atoms with Crippen LogP contribution in [-0.2, 0) is 32.7 Å². The van der Waals surface area contributed by atoms with Crippen molar-refractivity contribution in [1.82, 2.24) is 0 Å². The molecule has 0 saturated heterocycles. The van der Waals surface area contributed by atoms with Crippen LogP contribution in [0.2, 0.25) is 0 Å². The standard InChI is InChI=1S/C76H126NO8P/c1-6-8-10-12-14-16-18-20-22-24-26-28-29-30-31-32-33-34-35-36-37-38-39-40-41-42-43-44-45-46-47-49-51-53-55-57-59-61-63-65-67-69-76(79)85-74(73-84-86(80,81)83-71-70-77(3,4)5)72-82-75(78)68-66-64-62-60-58-56-54-52-50-48-27-25-23-21-19-17-15-13-11-9-7-2/h8-11,14-17,20-23,26-28,30-31,33-34,36-37,39-40,48,52,54,74H,6-7,12-13,18-19,24-25,29,32,35,38,41-47,49-51,53,55-73H2,1-5H3/p+1/b10-8-,11-9-,16-14-,17-15-,22-20-,23-21-,28-26-,31-30-,34-33-,37-36-,40-39-,48-27-,54-52-. The van der Waals surface area contributed by atoms with Crippen molar-refractivity contribution >= 4 is 19.8 Å². The maximum absolute atomic E-state index is 12.9. The van der Waals surface area contributed by atoms with E-state index in [1.807, 2.05) is 21.1 Å². The van der Waals surface area contributed by atoms with Gasteiger partial charge < -0.3 is 18.9 Å². The summed E-state index contributed by atoms with van der Waals surface area (Å²) in [7, 11) is 1.45. The second kappa shape index (κ2) is 65.1. The molecule has 0 aliphatic carbocycles. The van der Waals surface area contributed by atoms with Crippen LogP contribution in [0.3, 0.4) is 0 Å². The van der Waals surface area contributed by atoms with E-state index in [2.05, 4.69) is 172 Å². The third-order valence-corrected chi connectivity index (χ3v) is 15.0. The first-order chi connectivity index (χ1) is 42.0. The van der Waals surface area contributed by atoms with Crippen molar-refractivity contribution in [2.45, 2.75) is 264 Å². The molecule has 0 aromatic rings. The third kappa shape index (κ3) is 68.7. The lowest BCUT2D eigenvalue weighted by Crippen LogP contribution is -2.37. The molecule has 2 unspecified atom stereocenters. The van der Waals surface area contributed by atoms with Crippen molar-refractivity contribution in [2.24, 2.45) is 0 Å². The largest absolute Gasteiger partial charge is 0.472 e. The molecular weight excluding hydrogens is 1090 g/mol. The van der Waals surface area contributed by atoms with Gasteiger partial charge in [-0.25, -0.2) is 4.57 Å². The summed E-state index contributed by atoms with van der Waals surface area (Å²) >= 11 is 0. The number of likely N-dealkylation sites (N-methyl/N-ethyl adjacent to an activating group) is 1. The van der Waals surface area contributed by atoms with Crippen LogP contribution in [0, 0.1) is 0 Å². The zero-order valence-electron chi connectivity index (χ0n) is 55.5. The number of allylic oxidation sites excluding steroid dienone is 26. The number of hydrogen-bond acceptors (Lipinski definition) is 7. The Labute approximate surface area is 528 Å². The van der Waals surface area contributed by atoms with Crippen molar-refractivity contribution in [3.8, 4) is 0 Å². The molecule has 0 aliphatic heterocycles. The highest BCUT2D eigenvalue weighted by Crippen LogP contribution is 2.43. The van der Waals surface area contributed by atoms with Gasteiger partial charge in [0.05, 0.1) is 27.7 Å². The van der Waals surface area contributed by atoms with Crippen LogP contribution in [0.5, 0.6) is 0 Å². The summed E-state index contributed by atoms with van der Waals surface area (Å²) in [5, 5.41) is 0. The average Bonchev–Trinajstić information content (AvgIpc) is 3.70. The maximum atomic E-state index is 12.9. The van der Waals surface area contributed by atoms with Crippen LogP contribution < -0.4 is 0 Å². The second-order valence-electron chi connectivity index (χ2n) is 23.4. The highest BCUT2D eigenvalue weighted by atomic mass is 31.2. The molecule has 86 heavy (non-hydrogen) atoms. The molecule has 0 aliphatic rings. The summed E-state index contributed by atoms with van der Waals surface area (Å²) in [6, 6.07) is 0. The molecule has 0 rings (SSSR count). The lowest BCUT2D eigenvalue weighted by Gasteiger charge is -2.24. The molecule has 0 saturated carbocycles. The van der Waals surface area contributed by atoms with Gasteiger partial charge >= 0.3 is 19.8 Å². The number of phosphoric ester groups is 1. The summed E-state index contributed by atoms with van der Waals surface area (Å²) in [5.74, 6) is -0.824. The van der Waals surface area contributed by atoms with Crippen LogP contribution in [-0.4, -0.2) is 74.9 Å². The monoisotopic (exact) mass is 1210 g/mol. The van der Waals surface area contributed by atoms with Gasteiger partial charge in [-0.1, -0.05) is 281 Å². The Morgan fingerprint density at radius 3 is 0.930 bits per heavy atom. The van der Waals surface area contributed by atoms with E-state index >= 15 is 0 Å². The first-order valence-electron chi connectivity index (χ1n) is 34.2. The Morgan fingerprint density at radius 2 is 0.628 bits per heavy atom. The number of ether oxygens (including phenoxy) is 2. The Kier molecular flexibility index (Phi) is 61.8. The first kappa shape index (κ1) is 81.6. The number of nitrogens with zero attached hydrogens (tertiary/aromatic N) is 1. The van der Waals surface area contributed by atoms with Crippen LogP contribution in [0.4, 0.5) is 0 Å². The Bertz CT molecular complexity index is 2010. The number of carbonyl (C=O) groups is 2. The Balaban J connectivity index is 4.06. The van der Waals surface area contributed by atoms with Gasteiger partial charge in [0.15, 0.2) is 6.10 Å². The minimum absolute atomic E-state index is 0.0215. The number of hydrogen-bond donors (Lipinski definition) is 1. The molecule has 9 nitrogen and oxygen atoms in total. The molecule has 488 valence electrons. The Morgan fingerprint density at radius 1 is 0.360 bits per heavy atom. The SMILES string of the molecule is CC/C=C\C/C=C\C/C=C\C/C=C\C/C=C\C/C=C\C/C=C\C/C=C\CCCCCCCCCCCCCCCCCCC(=O)OC(COC(=O)CCCCCCC/C=C\C/C=C\C/C=C\C/C=C\C/C=C\CC)COP(=O)(O)OCC[N+](C)(C)C. The van der Waals surface area contributed by atoms with Crippen molar-refractivity contribution < 1.29 is 42.1 Å². The number of quaternary nitrogens is 1. The van der Waals surface area contributed by atoms with Gasteiger partial charge in [-0.3, -0.25) is 18.6 Å². The molecule has 0 aromatic carbocycles. The minimum Gasteiger partial charge on any atom is -0.462 e. The van der Waals surface area contributed by atoms with Crippen LogP contribution in [0.15, 0.2) is 158 Å². The second-order valence-corrected chi connectivity index (χ2v) is 24.9. The van der Waals surface area contributed by atoms with Gasteiger partial charge in [-0.15, -0.1) is 0 Å². The van der Waals surface area contributed by atoms with Crippen molar-refractivity contribution in [3.63, 3.8) is 0 Å². The molecule has 0 radical (unpaired) electrons. The topological polar surface area (TPSA) is 108 Å². The molecule has 0 bridgehead atoms. The van der Waals surface area contributed by atoms with E-state index < -0.39 is 26.5 Å². The number of rotatable bonds is 61. The fraction of sp³-hybridized carbons (Fsp3) is 0.632. The van der Waals surface area contributed by atoms with E-state index in [0.717, 1.165) is 135 Å². The van der Waals surface area contributed by atoms with E-state index in [4.69, 9.17) is 18.5 Å². The normalized spacial score (nSPS) is 14.2. The van der Waals surface area contributed by atoms with E-state index in [-0.39, 0.29) is 32.0 Å². The summed E-state index contributed by atoms with van der Waals surface area (Å²) in [6.07, 6.45) is 97.7. The fourth-order valence-electron chi connectivity index (χ4n) is 8.88. The van der Waals surface area contributed by atoms with Gasteiger partial charge in [0, 0.05) is 12.8 Å². The first-order valence-corrected chi connectivity index (χ1v) is 35.7. The molecule has 1 N–H and O–H groups in total. The van der Waals surface area contributed by atoms with E-state index in [0.29, 0.717) is 23.9 Å². The number of unbranched alkanes of at least 4 members (excludes halogenated alkanes) is 21. The molecule has 0 heterocycles.